The third-order valence-corrected chi connectivity index (χ3v) is 6.43. The van der Waals surface area contributed by atoms with Crippen molar-refractivity contribution < 1.29 is 4.74 Å². The first-order valence-electron chi connectivity index (χ1n) is 10.5. The zero-order chi connectivity index (χ0) is 21.4. The predicted molar refractivity (Wildman–Crippen MR) is 123 cm³/mol. The minimum absolute atomic E-state index is 0.0599. The lowest BCUT2D eigenvalue weighted by atomic mass is 10.1. The zero-order valence-electron chi connectivity index (χ0n) is 18.0. The van der Waals surface area contributed by atoms with Gasteiger partial charge in [-0.2, -0.15) is 0 Å². The second-order valence-corrected chi connectivity index (χ2v) is 8.90. The van der Waals surface area contributed by atoms with Crippen molar-refractivity contribution >= 4 is 27.9 Å². The molecule has 0 aromatic carbocycles. The molecule has 0 bridgehead atoms. The lowest BCUT2D eigenvalue weighted by molar-refractivity contribution is -0.0354. The molecule has 1 saturated heterocycles. The van der Waals surface area contributed by atoms with Crippen LogP contribution in [-0.4, -0.2) is 43.9 Å². The van der Waals surface area contributed by atoms with Crippen LogP contribution in [0.15, 0.2) is 41.9 Å². The Bertz CT molecular complexity index is 1220. The Balaban J connectivity index is 1.32. The zero-order valence-corrected chi connectivity index (χ0v) is 18.8. The first-order valence-corrected chi connectivity index (χ1v) is 11.4. The van der Waals surface area contributed by atoms with Crippen LogP contribution in [0.5, 0.6) is 0 Å². The number of pyridine rings is 2. The average molecular weight is 435 g/mol. The van der Waals surface area contributed by atoms with Crippen LogP contribution in [-0.2, 0) is 11.3 Å². The van der Waals surface area contributed by atoms with E-state index >= 15 is 0 Å². The van der Waals surface area contributed by atoms with Crippen LogP contribution < -0.4 is 5.32 Å². The summed E-state index contributed by atoms with van der Waals surface area (Å²) in [4.78, 5) is 16.4. The van der Waals surface area contributed by atoms with Crippen LogP contribution in [0, 0.1) is 20.8 Å². The Morgan fingerprint density at radius 3 is 2.90 bits per heavy atom. The van der Waals surface area contributed by atoms with Gasteiger partial charge in [-0.3, -0.25) is 4.90 Å². The molecule has 1 N–H and O–H groups in total. The van der Waals surface area contributed by atoms with Gasteiger partial charge in [0, 0.05) is 31.2 Å². The summed E-state index contributed by atoms with van der Waals surface area (Å²) in [5.41, 5.74) is 6.49. The number of aromatic nitrogens is 4. The quantitative estimate of drug-likeness (QED) is 0.501. The standard InChI is InChI=1S/C23H26N6OS/c1-15-7-8-29-19(17(3)25-22(29)11-15)12-28-9-10-30-20(13-28)18-5-4-6-21(26-18)27-23-24-16(2)14-31-23/h4-8,11,14,20H,9-10,12-13H2,1-3H3,(H,24,26,27)/t20-/m0/s1. The fraction of sp³-hybridized carbons (Fsp3) is 0.348. The molecule has 5 heterocycles. The highest BCUT2D eigenvalue weighted by Gasteiger charge is 2.25. The number of morpholine rings is 1. The maximum absolute atomic E-state index is 6.09. The van der Waals surface area contributed by atoms with Crippen molar-refractivity contribution in [2.45, 2.75) is 33.4 Å². The van der Waals surface area contributed by atoms with Crippen LogP contribution in [0.25, 0.3) is 5.65 Å². The summed E-state index contributed by atoms with van der Waals surface area (Å²) in [5.74, 6) is 0.792. The summed E-state index contributed by atoms with van der Waals surface area (Å²) in [7, 11) is 0. The monoisotopic (exact) mass is 434 g/mol. The van der Waals surface area contributed by atoms with Crippen LogP contribution in [0.3, 0.4) is 0 Å². The molecule has 4 aromatic rings. The molecule has 0 unspecified atom stereocenters. The van der Waals surface area contributed by atoms with Gasteiger partial charge in [0.25, 0.3) is 0 Å². The molecule has 8 heteroatoms. The molecule has 0 saturated carbocycles. The second kappa shape index (κ2) is 8.37. The molecule has 31 heavy (non-hydrogen) atoms. The topological polar surface area (TPSA) is 67.6 Å². The number of aryl methyl sites for hydroxylation is 3. The van der Waals surface area contributed by atoms with Crippen molar-refractivity contribution in [2.75, 3.05) is 25.0 Å². The van der Waals surface area contributed by atoms with E-state index in [0.717, 1.165) is 53.3 Å². The minimum atomic E-state index is -0.0599. The van der Waals surface area contributed by atoms with E-state index in [1.54, 1.807) is 11.3 Å². The predicted octanol–water partition coefficient (Wildman–Crippen LogP) is 4.43. The van der Waals surface area contributed by atoms with Gasteiger partial charge in [0.2, 0.25) is 0 Å². The summed E-state index contributed by atoms with van der Waals surface area (Å²) >= 11 is 1.58. The number of nitrogens with one attached hydrogen (secondary N) is 1. The fourth-order valence-electron chi connectivity index (χ4n) is 3.96. The van der Waals surface area contributed by atoms with Crippen LogP contribution in [0.2, 0.25) is 0 Å². The Hall–Kier alpha value is -2.81. The third-order valence-electron chi connectivity index (χ3n) is 5.56. The lowest BCUT2D eigenvalue weighted by Gasteiger charge is -2.32. The number of imidazole rings is 1. The molecule has 1 atom stereocenters. The molecule has 1 fully saturated rings. The molecule has 7 nitrogen and oxygen atoms in total. The third kappa shape index (κ3) is 4.32. The Kier molecular flexibility index (Phi) is 5.43. The van der Waals surface area contributed by atoms with E-state index in [2.05, 4.69) is 51.8 Å². The van der Waals surface area contributed by atoms with E-state index in [-0.39, 0.29) is 6.10 Å². The largest absolute Gasteiger partial charge is 0.369 e. The minimum Gasteiger partial charge on any atom is -0.369 e. The van der Waals surface area contributed by atoms with E-state index < -0.39 is 0 Å². The normalized spacial score (nSPS) is 17.3. The molecule has 0 spiro atoms. The van der Waals surface area contributed by atoms with E-state index in [0.29, 0.717) is 6.61 Å². The molecular weight excluding hydrogens is 408 g/mol. The highest BCUT2D eigenvalue weighted by Crippen LogP contribution is 2.26. The van der Waals surface area contributed by atoms with E-state index in [1.165, 1.54) is 11.3 Å². The van der Waals surface area contributed by atoms with Gasteiger partial charge in [-0.1, -0.05) is 6.07 Å². The van der Waals surface area contributed by atoms with Gasteiger partial charge in [-0.25, -0.2) is 15.0 Å². The molecule has 1 aliphatic rings. The maximum atomic E-state index is 6.09. The molecular formula is C23H26N6OS. The summed E-state index contributed by atoms with van der Waals surface area (Å²) in [5, 5.41) is 6.18. The fourth-order valence-corrected chi connectivity index (χ4v) is 4.66. The first kappa shape index (κ1) is 20.1. The molecule has 0 amide bonds. The average Bonchev–Trinajstić information content (AvgIpc) is 3.30. The number of ether oxygens (including phenoxy) is 1. The van der Waals surface area contributed by atoms with Gasteiger partial charge in [-0.05, 0) is 50.6 Å². The number of hydrogen-bond donors (Lipinski definition) is 1. The van der Waals surface area contributed by atoms with Crippen molar-refractivity contribution in [3.63, 3.8) is 0 Å². The van der Waals surface area contributed by atoms with Crippen LogP contribution in [0.1, 0.15) is 34.4 Å². The first-order chi connectivity index (χ1) is 15.0. The Morgan fingerprint density at radius 2 is 2.06 bits per heavy atom. The summed E-state index contributed by atoms with van der Waals surface area (Å²) in [6, 6.07) is 10.3. The van der Waals surface area contributed by atoms with Crippen molar-refractivity contribution in [3.05, 3.63) is 70.2 Å². The van der Waals surface area contributed by atoms with Gasteiger partial charge < -0.3 is 14.5 Å². The summed E-state index contributed by atoms with van der Waals surface area (Å²) in [6.07, 6.45) is 2.06. The Labute approximate surface area is 185 Å². The van der Waals surface area contributed by atoms with Crippen molar-refractivity contribution in [2.24, 2.45) is 0 Å². The smallest absolute Gasteiger partial charge is 0.188 e. The Morgan fingerprint density at radius 1 is 1.16 bits per heavy atom. The van der Waals surface area contributed by atoms with E-state index in [9.17, 15) is 0 Å². The van der Waals surface area contributed by atoms with Crippen LogP contribution in [0.4, 0.5) is 10.9 Å². The number of rotatable bonds is 5. The van der Waals surface area contributed by atoms with Crippen molar-refractivity contribution in [1.29, 1.82) is 0 Å². The molecule has 0 radical (unpaired) electrons. The molecule has 4 aromatic heterocycles. The number of anilines is 2. The van der Waals surface area contributed by atoms with E-state index in [1.807, 2.05) is 30.5 Å². The number of nitrogens with zero attached hydrogens (tertiary/aromatic N) is 5. The van der Waals surface area contributed by atoms with Gasteiger partial charge in [0.15, 0.2) is 5.13 Å². The highest BCUT2D eigenvalue weighted by molar-refractivity contribution is 7.13. The van der Waals surface area contributed by atoms with Gasteiger partial charge >= 0.3 is 0 Å². The SMILES string of the molecule is Cc1ccn2c(CN3CCO[C@H](c4cccc(Nc5nc(C)cs5)n4)C3)c(C)nc2c1. The van der Waals surface area contributed by atoms with Crippen molar-refractivity contribution in [1.82, 2.24) is 24.3 Å². The maximum Gasteiger partial charge on any atom is 0.188 e. The van der Waals surface area contributed by atoms with Gasteiger partial charge in [-0.15, -0.1) is 11.3 Å². The van der Waals surface area contributed by atoms with Crippen LogP contribution >= 0.6 is 11.3 Å². The highest BCUT2D eigenvalue weighted by atomic mass is 32.1. The second-order valence-electron chi connectivity index (χ2n) is 8.04. The summed E-state index contributed by atoms with van der Waals surface area (Å²) in [6.45, 7) is 9.39. The molecule has 0 aliphatic carbocycles. The molecule has 1 aliphatic heterocycles. The van der Waals surface area contributed by atoms with Gasteiger partial charge in [0.1, 0.15) is 17.6 Å². The number of hydrogen-bond acceptors (Lipinski definition) is 7. The van der Waals surface area contributed by atoms with E-state index in [4.69, 9.17) is 14.7 Å². The number of fused-ring (bicyclic) bond motifs is 1. The van der Waals surface area contributed by atoms with Gasteiger partial charge in [0.05, 0.1) is 29.4 Å². The lowest BCUT2D eigenvalue weighted by Crippen LogP contribution is -2.38. The van der Waals surface area contributed by atoms with Crippen molar-refractivity contribution in [3.8, 4) is 0 Å². The molecule has 5 rings (SSSR count). The summed E-state index contributed by atoms with van der Waals surface area (Å²) < 4.78 is 8.29. The number of thiazole rings is 1. The molecule has 160 valence electrons.